The van der Waals surface area contributed by atoms with Gasteiger partial charge >= 0.3 is 0 Å². The molecule has 1 atom stereocenters. The number of carbonyl (C=O) groups excluding carboxylic acids is 1. The third-order valence-corrected chi connectivity index (χ3v) is 4.44. The van der Waals surface area contributed by atoms with Gasteiger partial charge in [-0.05, 0) is 31.0 Å². The van der Waals surface area contributed by atoms with Crippen LogP contribution < -0.4 is 5.32 Å². The minimum Gasteiger partial charge on any atom is -0.394 e. The topological polar surface area (TPSA) is 106 Å². The molecule has 0 bridgehead atoms. The monoisotopic (exact) mass is 371 g/mol. The predicted octanol–water partition coefficient (Wildman–Crippen LogP) is 1.95. The number of nitrogens with zero attached hydrogens (tertiary/aromatic N) is 4. The van der Waals surface area contributed by atoms with Crippen molar-refractivity contribution in [1.29, 1.82) is 0 Å². The van der Waals surface area contributed by atoms with E-state index in [1.165, 1.54) is 22.9 Å². The molecule has 0 saturated heterocycles. The van der Waals surface area contributed by atoms with Gasteiger partial charge in [0.2, 0.25) is 5.82 Å². The van der Waals surface area contributed by atoms with E-state index in [2.05, 4.69) is 20.6 Å². The first-order valence-corrected chi connectivity index (χ1v) is 8.60. The van der Waals surface area contributed by atoms with Crippen molar-refractivity contribution in [3.63, 3.8) is 0 Å². The smallest absolute Gasteiger partial charge is 0.270 e. The summed E-state index contributed by atoms with van der Waals surface area (Å²) in [7, 11) is 1.70. The Labute approximate surface area is 154 Å². The molecule has 2 aromatic heterocycles. The molecule has 0 radical (unpaired) electrons. The van der Waals surface area contributed by atoms with Crippen molar-refractivity contribution in [2.24, 2.45) is 7.05 Å². The van der Waals surface area contributed by atoms with Crippen LogP contribution in [0.3, 0.4) is 0 Å². The predicted molar refractivity (Wildman–Crippen MR) is 92.2 cm³/mol. The van der Waals surface area contributed by atoms with E-state index in [9.17, 15) is 14.3 Å². The number of aliphatic hydroxyl groups excluding tert-OH is 1. The van der Waals surface area contributed by atoms with E-state index in [0.717, 1.165) is 18.5 Å². The van der Waals surface area contributed by atoms with E-state index in [1.807, 2.05) is 0 Å². The Hall–Kier alpha value is -3.07. The number of nitrogens with one attached hydrogen (secondary N) is 1. The fourth-order valence-electron chi connectivity index (χ4n) is 2.82. The standard InChI is InChI=1S/C18H18FN5O3/c1-24-15(8-13(22-24)10-5-6-10)17(26)20-14(9-25)18-21-16(23-27-18)11-3-2-4-12(19)7-11/h2-4,7-8,10,14,25H,5-6,9H2,1H3,(H,20,26). The summed E-state index contributed by atoms with van der Waals surface area (Å²) >= 11 is 0. The first-order valence-electron chi connectivity index (χ1n) is 8.60. The number of aryl methyl sites for hydroxylation is 1. The van der Waals surface area contributed by atoms with E-state index < -0.39 is 24.4 Å². The highest BCUT2D eigenvalue weighted by Crippen LogP contribution is 2.39. The fourth-order valence-corrected chi connectivity index (χ4v) is 2.82. The molecule has 140 valence electrons. The molecule has 1 fully saturated rings. The molecular weight excluding hydrogens is 353 g/mol. The summed E-state index contributed by atoms with van der Waals surface area (Å²) in [5.41, 5.74) is 1.73. The summed E-state index contributed by atoms with van der Waals surface area (Å²) in [6, 6.07) is 6.63. The highest BCUT2D eigenvalue weighted by atomic mass is 19.1. The zero-order valence-corrected chi connectivity index (χ0v) is 14.6. The third kappa shape index (κ3) is 3.59. The lowest BCUT2D eigenvalue weighted by molar-refractivity contribution is 0.0892. The molecule has 1 aliphatic carbocycles. The van der Waals surface area contributed by atoms with Crippen LogP contribution in [0.5, 0.6) is 0 Å². The number of amides is 1. The van der Waals surface area contributed by atoms with Crippen molar-refractivity contribution in [2.75, 3.05) is 6.61 Å². The second-order valence-corrected chi connectivity index (χ2v) is 6.53. The Balaban J connectivity index is 1.51. The van der Waals surface area contributed by atoms with Crippen LogP contribution in [-0.4, -0.2) is 37.5 Å². The molecule has 0 spiro atoms. The van der Waals surface area contributed by atoms with Crippen molar-refractivity contribution < 1.29 is 18.8 Å². The lowest BCUT2D eigenvalue weighted by Gasteiger charge is -2.11. The van der Waals surface area contributed by atoms with Gasteiger partial charge in [0.25, 0.3) is 11.8 Å². The second-order valence-electron chi connectivity index (χ2n) is 6.53. The van der Waals surface area contributed by atoms with E-state index in [0.29, 0.717) is 17.2 Å². The van der Waals surface area contributed by atoms with Crippen LogP contribution in [0.4, 0.5) is 4.39 Å². The summed E-state index contributed by atoms with van der Waals surface area (Å²) in [6.07, 6.45) is 2.17. The largest absolute Gasteiger partial charge is 0.394 e. The number of hydrogen-bond donors (Lipinski definition) is 2. The van der Waals surface area contributed by atoms with Crippen LogP contribution >= 0.6 is 0 Å². The lowest BCUT2D eigenvalue weighted by atomic mass is 10.2. The molecule has 2 N–H and O–H groups in total. The third-order valence-electron chi connectivity index (χ3n) is 4.44. The number of aliphatic hydroxyl groups is 1. The number of rotatable bonds is 6. The Bertz CT molecular complexity index is 979. The summed E-state index contributed by atoms with van der Waals surface area (Å²) in [5.74, 6) is -0.186. The molecule has 1 unspecified atom stereocenters. The molecule has 4 rings (SSSR count). The van der Waals surface area contributed by atoms with Crippen molar-refractivity contribution in [1.82, 2.24) is 25.2 Å². The molecule has 8 nitrogen and oxygen atoms in total. The van der Waals surface area contributed by atoms with Gasteiger partial charge in [0.1, 0.15) is 17.6 Å². The van der Waals surface area contributed by atoms with Gasteiger partial charge in [-0.2, -0.15) is 10.1 Å². The molecule has 1 aliphatic rings. The van der Waals surface area contributed by atoms with Crippen molar-refractivity contribution in [3.05, 3.63) is 53.4 Å². The molecule has 1 aromatic carbocycles. The van der Waals surface area contributed by atoms with E-state index >= 15 is 0 Å². The van der Waals surface area contributed by atoms with Gasteiger partial charge in [-0.3, -0.25) is 9.48 Å². The zero-order valence-electron chi connectivity index (χ0n) is 14.6. The van der Waals surface area contributed by atoms with Gasteiger partial charge in [0.15, 0.2) is 0 Å². The Morgan fingerprint density at radius 3 is 2.96 bits per heavy atom. The zero-order chi connectivity index (χ0) is 19.0. The van der Waals surface area contributed by atoms with Crippen LogP contribution in [0, 0.1) is 5.82 Å². The first-order chi connectivity index (χ1) is 13.0. The molecule has 1 saturated carbocycles. The number of carbonyl (C=O) groups is 1. The van der Waals surface area contributed by atoms with Crippen LogP contribution in [0.25, 0.3) is 11.4 Å². The highest BCUT2D eigenvalue weighted by molar-refractivity contribution is 5.93. The van der Waals surface area contributed by atoms with Crippen molar-refractivity contribution >= 4 is 5.91 Å². The van der Waals surface area contributed by atoms with Gasteiger partial charge in [-0.15, -0.1) is 0 Å². The average molecular weight is 371 g/mol. The first kappa shape index (κ1) is 17.3. The van der Waals surface area contributed by atoms with Crippen LogP contribution in [0.1, 0.15) is 46.9 Å². The highest BCUT2D eigenvalue weighted by Gasteiger charge is 2.29. The van der Waals surface area contributed by atoms with E-state index in [1.54, 1.807) is 19.2 Å². The van der Waals surface area contributed by atoms with E-state index in [-0.39, 0.29) is 11.7 Å². The van der Waals surface area contributed by atoms with Crippen molar-refractivity contribution in [2.45, 2.75) is 24.8 Å². The molecule has 27 heavy (non-hydrogen) atoms. The summed E-state index contributed by atoms with van der Waals surface area (Å²) in [4.78, 5) is 16.7. The summed E-state index contributed by atoms with van der Waals surface area (Å²) in [6.45, 7) is -0.427. The Kier molecular flexibility index (Phi) is 4.44. The molecule has 2 heterocycles. The number of benzene rings is 1. The Morgan fingerprint density at radius 1 is 1.44 bits per heavy atom. The fraction of sp³-hybridized carbons (Fsp3) is 0.333. The molecule has 3 aromatic rings. The number of halogens is 1. The minimum atomic E-state index is -0.883. The van der Waals surface area contributed by atoms with Gasteiger partial charge in [0.05, 0.1) is 12.3 Å². The van der Waals surface area contributed by atoms with Crippen LogP contribution in [0.15, 0.2) is 34.9 Å². The number of hydrogen-bond acceptors (Lipinski definition) is 6. The SMILES string of the molecule is Cn1nc(C2CC2)cc1C(=O)NC(CO)c1nc(-c2cccc(F)c2)no1. The maximum absolute atomic E-state index is 13.4. The summed E-state index contributed by atoms with van der Waals surface area (Å²) in [5, 5.41) is 20.5. The maximum atomic E-state index is 13.4. The average Bonchev–Trinajstić information content (AvgIpc) is 3.25. The van der Waals surface area contributed by atoms with E-state index in [4.69, 9.17) is 4.52 Å². The lowest BCUT2D eigenvalue weighted by Crippen LogP contribution is -2.32. The molecule has 9 heteroatoms. The minimum absolute atomic E-state index is 0.0368. The Morgan fingerprint density at radius 2 is 2.26 bits per heavy atom. The number of aromatic nitrogens is 4. The van der Waals surface area contributed by atoms with Gasteiger partial charge < -0.3 is 14.9 Å². The normalized spacial score (nSPS) is 14.9. The molecule has 0 aliphatic heterocycles. The van der Waals surface area contributed by atoms with Crippen LogP contribution in [-0.2, 0) is 7.05 Å². The maximum Gasteiger partial charge on any atom is 0.270 e. The molecular formula is C18H18FN5O3. The van der Waals surface area contributed by atoms with Crippen molar-refractivity contribution in [3.8, 4) is 11.4 Å². The van der Waals surface area contributed by atoms with Gasteiger partial charge in [0, 0.05) is 18.5 Å². The quantitative estimate of drug-likeness (QED) is 0.686. The van der Waals surface area contributed by atoms with Gasteiger partial charge in [-0.25, -0.2) is 4.39 Å². The van der Waals surface area contributed by atoms with Crippen LogP contribution in [0.2, 0.25) is 0 Å². The summed E-state index contributed by atoms with van der Waals surface area (Å²) < 4.78 is 20.0. The second kappa shape index (κ2) is 6.92. The van der Waals surface area contributed by atoms with Gasteiger partial charge in [-0.1, -0.05) is 17.3 Å². The molecule has 1 amide bonds.